The van der Waals surface area contributed by atoms with Crippen molar-refractivity contribution in [3.05, 3.63) is 0 Å². The summed E-state index contributed by atoms with van der Waals surface area (Å²) in [6, 6.07) is 1.65. The molecule has 2 N–H and O–H groups in total. The standard InChI is InChI=1S/C14H27N3/c1-11-2-3-12(8-15)9-17(11)14-5-7-16-6-4-13(14)10-16/h11-14H,2-10,15H2,1H3. The third kappa shape index (κ3) is 2.25. The fourth-order valence-electron chi connectivity index (χ4n) is 4.23. The average Bonchev–Trinajstić information content (AvgIpc) is 2.73. The van der Waals surface area contributed by atoms with Crippen LogP contribution in [-0.4, -0.2) is 54.6 Å². The van der Waals surface area contributed by atoms with Gasteiger partial charge in [-0.1, -0.05) is 0 Å². The molecule has 3 fully saturated rings. The van der Waals surface area contributed by atoms with Crippen molar-refractivity contribution in [2.45, 2.75) is 44.7 Å². The van der Waals surface area contributed by atoms with E-state index in [0.29, 0.717) is 0 Å². The van der Waals surface area contributed by atoms with Crippen LogP contribution < -0.4 is 5.73 Å². The SMILES string of the molecule is CC1CCC(CN)CN1C1CCN2CCC1C2. The number of nitrogens with zero attached hydrogens (tertiary/aromatic N) is 2. The van der Waals surface area contributed by atoms with Gasteiger partial charge in [-0.05, 0) is 64.1 Å². The molecule has 3 aliphatic heterocycles. The Hall–Kier alpha value is -0.120. The first-order valence-corrected chi connectivity index (χ1v) is 7.46. The molecule has 0 aromatic rings. The molecule has 17 heavy (non-hydrogen) atoms. The van der Waals surface area contributed by atoms with E-state index in [1.54, 1.807) is 0 Å². The van der Waals surface area contributed by atoms with Gasteiger partial charge in [-0.2, -0.15) is 0 Å². The lowest BCUT2D eigenvalue weighted by Gasteiger charge is -2.46. The first-order valence-electron chi connectivity index (χ1n) is 7.46. The Morgan fingerprint density at radius 1 is 1.06 bits per heavy atom. The fraction of sp³-hybridized carbons (Fsp3) is 1.00. The van der Waals surface area contributed by atoms with Gasteiger partial charge in [-0.3, -0.25) is 4.90 Å². The minimum atomic E-state index is 0.755. The molecule has 0 saturated carbocycles. The summed E-state index contributed by atoms with van der Waals surface area (Å²) < 4.78 is 0. The molecule has 0 radical (unpaired) electrons. The number of piperidine rings is 2. The van der Waals surface area contributed by atoms with Crippen LogP contribution >= 0.6 is 0 Å². The summed E-state index contributed by atoms with van der Waals surface area (Å²) in [5, 5.41) is 0. The third-order valence-electron chi connectivity index (χ3n) is 5.38. The van der Waals surface area contributed by atoms with Crippen molar-refractivity contribution in [1.82, 2.24) is 9.80 Å². The van der Waals surface area contributed by atoms with Crippen LogP contribution in [-0.2, 0) is 0 Å². The number of hydrogen-bond acceptors (Lipinski definition) is 3. The van der Waals surface area contributed by atoms with E-state index in [9.17, 15) is 0 Å². The first-order chi connectivity index (χ1) is 8.28. The lowest BCUT2D eigenvalue weighted by atomic mass is 9.86. The summed E-state index contributed by atoms with van der Waals surface area (Å²) in [4.78, 5) is 5.46. The van der Waals surface area contributed by atoms with Crippen molar-refractivity contribution in [1.29, 1.82) is 0 Å². The molecule has 5 atom stereocenters. The van der Waals surface area contributed by atoms with Crippen LogP contribution in [0.1, 0.15) is 32.6 Å². The van der Waals surface area contributed by atoms with Crippen molar-refractivity contribution in [3.8, 4) is 0 Å². The molecular formula is C14H27N3. The van der Waals surface area contributed by atoms with Crippen molar-refractivity contribution in [2.24, 2.45) is 17.6 Å². The number of likely N-dealkylation sites (tertiary alicyclic amines) is 1. The van der Waals surface area contributed by atoms with Gasteiger partial charge in [-0.25, -0.2) is 0 Å². The first kappa shape index (κ1) is 11.9. The second kappa shape index (κ2) is 4.87. The topological polar surface area (TPSA) is 32.5 Å². The molecule has 0 aliphatic carbocycles. The lowest BCUT2D eigenvalue weighted by Crippen LogP contribution is -2.54. The number of nitrogens with two attached hydrogens (primary N) is 1. The molecule has 3 heterocycles. The Bertz CT molecular complexity index is 268. The molecular weight excluding hydrogens is 210 g/mol. The molecule has 0 aromatic carbocycles. The highest BCUT2D eigenvalue weighted by atomic mass is 15.2. The molecule has 3 aliphatic rings. The predicted octanol–water partition coefficient (Wildman–Crippen LogP) is 1.14. The monoisotopic (exact) mass is 237 g/mol. The van der Waals surface area contributed by atoms with Gasteiger partial charge in [0.05, 0.1) is 0 Å². The summed E-state index contributed by atoms with van der Waals surface area (Å²) in [6.45, 7) is 8.61. The van der Waals surface area contributed by atoms with E-state index in [2.05, 4.69) is 16.7 Å². The van der Waals surface area contributed by atoms with Crippen molar-refractivity contribution < 1.29 is 0 Å². The van der Waals surface area contributed by atoms with Gasteiger partial charge in [0.15, 0.2) is 0 Å². The smallest absolute Gasteiger partial charge is 0.0151 e. The quantitative estimate of drug-likeness (QED) is 0.782. The Kier molecular flexibility index (Phi) is 3.42. The van der Waals surface area contributed by atoms with Gasteiger partial charge in [-0.15, -0.1) is 0 Å². The van der Waals surface area contributed by atoms with Gasteiger partial charge in [0, 0.05) is 25.2 Å². The van der Waals surface area contributed by atoms with Crippen LogP contribution in [0.15, 0.2) is 0 Å². The summed E-state index contributed by atoms with van der Waals surface area (Å²) >= 11 is 0. The van der Waals surface area contributed by atoms with Crippen molar-refractivity contribution >= 4 is 0 Å². The van der Waals surface area contributed by atoms with Gasteiger partial charge in [0.2, 0.25) is 0 Å². The largest absolute Gasteiger partial charge is 0.330 e. The minimum Gasteiger partial charge on any atom is -0.330 e. The van der Waals surface area contributed by atoms with Crippen LogP contribution in [0.3, 0.4) is 0 Å². The number of hydrogen-bond donors (Lipinski definition) is 1. The molecule has 3 nitrogen and oxygen atoms in total. The summed E-state index contributed by atoms with van der Waals surface area (Å²) in [5.41, 5.74) is 5.88. The Morgan fingerprint density at radius 3 is 2.71 bits per heavy atom. The molecule has 3 saturated heterocycles. The molecule has 2 bridgehead atoms. The molecule has 3 heteroatoms. The van der Waals surface area contributed by atoms with Gasteiger partial charge < -0.3 is 10.6 Å². The Morgan fingerprint density at radius 2 is 1.88 bits per heavy atom. The molecule has 5 unspecified atom stereocenters. The highest BCUT2D eigenvalue weighted by Gasteiger charge is 2.40. The number of fused-ring (bicyclic) bond motifs is 2. The molecule has 3 rings (SSSR count). The fourth-order valence-corrected chi connectivity index (χ4v) is 4.23. The van der Waals surface area contributed by atoms with E-state index in [1.807, 2.05) is 0 Å². The van der Waals surface area contributed by atoms with Gasteiger partial charge in [0.25, 0.3) is 0 Å². The zero-order valence-corrected chi connectivity index (χ0v) is 11.1. The third-order valence-corrected chi connectivity index (χ3v) is 5.38. The Balaban J connectivity index is 1.68. The summed E-state index contributed by atoms with van der Waals surface area (Å²) in [7, 11) is 0. The van der Waals surface area contributed by atoms with Crippen LogP contribution in [0.4, 0.5) is 0 Å². The normalized spacial score (nSPS) is 47.3. The maximum atomic E-state index is 5.88. The van der Waals surface area contributed by atoms with E-state index in [4.69, 9.17) is 5.73 Å². The predicted molar refractivity (Wildman–Crippen MR) is 70.9 cm³/mol. The van der Waals surface area contributed by atoms with Crippen molar-refractivity contribution in [3.63, 3.8) is 0 Å². The van der Waals surface area contributed by atoms with Crippen LogP contribution in [0, 0.1) is 11.8 Å². The van der Waals surface area contributed by atoms with Crippen LogP contribution in [0.25, 0.3) is 0 Å². The van der Waals surface area contributed by atoms with E-state index in [-0.39, 0.29) is 0 Å². The zero-order chi connectivity index (χ0) is 11.8. The highest BCUT2D eigenvalue weighted by Crippen LogP contribution is 2.34. The minimum absolute atomic E-state index is 0.755. The highest BCUT2D eigenvalue weighted by molar-refractivity contribution is 4.95. The van der Waals surface area contributed by atoms with Crippen LogP contribution in [0.2, 0.25) is 0 Å². The zero-order valence-electron chi connectivity index (χ0n) is 11.1. The Labute approximate surface area is 105 Å². The molecule has 98 valence electrons. The summed E-state index contributed by atoms with van der Waals surface area (Å²) in [5.74, 6) is 1.70. The maximum Gasteiger partial charge on any atom is 0.0151 e. The van der Waals surface area contributed by atoms with E-state index in [1.165, 1.54) is 51.9 Å². The van der Waals surface area contributed by atoms with E-state index in [0.717, 1.165) is 30.5 Å². The van der Waals surface area contributed by atoms with Gasteiger partial charge in [0.1, 0.15) is 0 Å². The average molecular weight is 237 g/mol. The second-order valence-corrected chi connectivity index (χ2v) is 6.43. The second-order valence-electron chi connectivity index (χ2n) is 6.43. The van der Waals surface area contributed by atoms with E-state index < -0.39 is 0 Å². The van der Waals surface area contributed by atoms with Crippen LogP contribution in [0.5, 0.6) is 0 Å². The van der Waals surface area contributed by atoms with Crippen molar-refractivity contribution in [2.75, 3.05) is 32.7 Å². The molecule has 0 spiro atoms. The molecule has 0 amide bonds. The van der Waals surface area contributed by atoms with E-state index >= 15 is 0 Å². The number of rotatable bonds is 2. The molecule has 0 aromatic heterocycles. The lowest BCUT2D eigenvalue weighted by molar-refractivity contribution is 0.0261. The van der Waals surface area contributed by atoms with Gasteiger partial charge >= 0.3 is 0 Å². The summed E-state index contributed by atoms with van der Waals surface area (Å²) in [6.07, 6.45) is 5.53. The maximum absolute atomic E-state index is 5.88.